The van der Waals surface area contributed by atoms with Crippen LogP contribution in [0.5, 0.6) is 0 Å². The Morgan fingerprint density at radius 2 is 2.30 bits per heavy atom. The zero-order valence-electron chi connectivity index (χ0n) is 12.5. The van der Waals surface area contributed by atoms with Crippen molar-refractivity contribution in [2.24, 2.45) is 4.99 Å². The first-order valence-corrected chi connectivity index (χ1v) is 7.99. The standard InChI is InChI=1S/C14H24N4OS/c1-10-11(2)20-13(18-10)9-17-14(15-3)16-7-6-12-5-4-8-19-12/h12H,4-9H2,1-3H3,(H2,15,16,17). The molecular weight excluding hydrogens is 272 g/mol. The van der Waals surface area contributed by atoms with Crippen molar-refractivity contribution < 1.29 is 4.74 Å². The minimum atomic E-state index is 0.421. The first-order chi connectivity index (χ1) is 9.69. The molecule has 1 atom stereocenters. The van der Waals surface area contributed by atoms with Gasteiger partial charge in [-0.1, -0.05) is 0 Å². The van der Waals surface area contributed by atoms with Crippen molar-refractivity contribution in [3.63, 3.8) is 0 Å². The maximum absolute atomic E-state index is 5.60. The molecule has 0 radical (unpaired) electrons. The number of hydrogen-bond donors (Lipinski definition) is 2. The number of aromatic nitrogens is 1. The lowest BCUT2D eigenvalue weighted by Gasteiger charge is -2.13. The molecule has 1 aliphatic rings. The third-order valence-electron chi connectivity index (χ3n) is 3.49. The summed E-state index contributed by atoms with van der Waals surface area (Å²) in [7, 11) is 1.79. The van der Waals surface area contributed by atoms with Gasteiger partial charge >= 0.3 is 0 Å². The second kappa shape index (κ2) is 7.59. The van der Waals surface area contributed by atoms with Crippen LogP contribution in [0.4, 0.5) is 0 Å². The number of hydrogen-bond acceptors (Lipinski definition) is 4. The van der Waals surface area contributed by atoms with E-state index in [-0.39, 0.29) is 0 Å². The molecule has 20 heavy (non-hydrogen) atoms. The summed E-state index contributed by atoms with van der Waals surface area (Å²) in [6.45, 7) is 6.68. The van der Waals surface area contributed by atoms with Crippen molar-refractivity contribution in [3.05, 3.63) is 15.6 Å². The van der Waals surface area contributed by atoms with Gasteiger partial charge in [0.25, 0.3) is 0 Å². The van der Waals surface area contributed by atoms with E-state index in [0.29, 0.717) is 6.10 Å². The average molecular weight is 296 g/mol. The number of aryl methyl sites for hydroxylation is 2. The van der Waals surface area contributed by atoms with Crippen LogP contribution < -0.4 is 10.6 Å². The van der Waals surface area contributed by atoms with Crippen LogP contribution >= 0.6 is 11.3 Å². The highest BCUT2D eigenvalue weighted by Crippen LogP contribution is 2.16. The van der Waals surface area contributed by atoms with Crippen molar-refractivity contribution in [2.75, 3.05) is 20.2 Å². The zero-order valence-corrected chi connectivity index (χ0v) is 13.3. The van der Waals surface area contributed by atoms with Gasteiger partial charge in [0, 0.05) is 25.1 Å². The second-order valence-corrected chi connectivity index (χ2v) is 6.31. The molecule has 0 bridgehead atoms. The van der Waals surface area contributed by atoms with Gasteiger partial charge in [-0.05, 0) is 33.1 Å². The average Bonchev–Trinajstić information content (AvgIpc) is 3.05. The summed E-state index contributed by atoms with van der Waals surface area (Å²) in [6, 6.07) is 0. The summed E-state index contributed by atoms with van der Waals surface area (Å²) in [5.74, 6) is 0.827. The van der Waals surface area contributed by atoms with E-state index < -0.39 is 0 Å². The zero-order chi connectivity index (χ0) is 14.4. The maximum atomic E-state index is 5.60. The molecule has 0 aromatic carbocycles. The van der Waals surface area contributed by atoms with Gasteiger partial charge in [-0.3, -0.25) is 4.99 Å². The monoisotopic (exact) mass is 296 g/mol. The molecule has 0 saturated carbocycles. The van der Waals surface area contributed by atoms with E-state index in [1.807, 2.05) is 6.92 Å². The number of thiazole rings is 1. The van der Waals surface area contributed by atoms with E-state index in [1.165, 1.54) is 17.7 Å². The Kier molecular flexibility index (Phi) is 5.79. The molecule has 6 heteroatoms. The molecule has 1 unspecified atom stereocenters. The van der Waals surface area contributed by atoms with Crippen LogP contribution in [0.2, 0.25) is 0 Å². The lowest BCUT2D eigenvalue weighted by Crippen LogP contribution is -2.38. The lowest BCUT2D eigenvalue weighted by atomic mass is 10.2. The van der Waals surface area contributed by atoms with Crippen molar-refractivity contribution >= 4 is 17.3 Å². The summed E-state index contributed by atoms with van der Waals surface area (Å²) in [6.07, 6.45) is 3.84. The Balaban J connectivity index is 1.69. The Morgan fingerprint density at radius 3 is 2.90 bits per heavy atom. The number of aliphatic imine (C=N–C) groups is 1. The van der Waals surface area contributed by atoms with E-state index in [9.17, 15) is 0 Å². The Morgan fingerprint density at radius 1 is 1.45 bits per heavy atom. The first-order valence-electron chi connectivity index (χ1n) is 7.18. The Labute approximate surface area is 124 Å². The van der Waals surface area contributed by atoms with Gasteiger partial charge in [-0.2, -0.15) is 0 Å². The number of nitrogens with one attached hydrogen (secondary N) is 2. The van der Waals surface area contributed by atoms with Gasteiger partial charge < -0.3 is 15.4 Å². The number of rotatable bonds is 5. The smallest absolute Gasteiger partial charge is 0.191 e. The summed E-state index contributed by atoms with van der Waals surface area (Å²) >= 11 is 1.73. The van der Waals surface area contributed by atoms with Gasteiger partial charge in [-0.15, -0.1) is 11.3 Å². The summed E-state index contributed by atoms with van der Waals surface area (Å²) < 4.78 is 5.60. The Bertz CT molecular complexity index is 433. The van der Waals surface area contributed by atoms with Crippen LogP contribution in [-0.2, 0) is 11.3 Å². The molecule has 2 heterocycles. The fourth-order valence-electron chi connectivity index (χ4n) is 2.22. The van der Waals surface area contributed by atoms with Crippen LogP contribution in [0.25, 0.3) is 0 Å². The van der Waals surface area contributed by atoms with Crippen LogP contribution in [0.3, 0.4) is 0 Å². The van der Waals surface area contributed by atoms with Crippen LogP contribution in [-0.4, -0.2) is 37.2 Å². The number of ether oxygens (including phenoxy) is 1. The second-order valence-electron chi connectivity index (χ2n) is 5.03. The van der Waals surface area contributed by atoms with Crippen LogP contribution in [0, 0.1) is 13.8 Å². The van der Waals surface area contributed by atoms with Gasteiger partial charge in [0.15, 0.2) is 5.96 Å². The topological polar surface area (TPSA) is 58.5 Å². The van der Waals surface area contributed by atoms with Gasteiger partial charge in [-0.25, -0.2) is 4.98 Å². The molecule has 1 aromatic rings. The molecule has 1 aliphatic heterocycles. The molecule has 0 amide bonds. The van der Waals surface area contributed by atoms with Gasteiger partial charge in [0.05, 0.1) is 18.3 Å². The molecule has 2 rings (SSSR count). The highest BCUT2D eigenvalue weighted by molar-refractivity contribution is 7.11. The minimum absolute atomic E-state index is 0.421. The number of guanidine groups is 1. The van der Waals surface area contributed by atoms with E-state index in [2.05, 4.69) is 27.5 Å². The lowest BCUT2D eigenvalue weighted by molar-refractivity contribution is 0.105. The minimum Gasteiger partial charge on any atom is -0.378 e. The summed E-state index contributed by atoms with van der Waals surface area (Å²) in [4.78, 5) is 10.0. The maximum Gasteiger partial charge on any atom is 0.191 e. The normalized spacial score (nSPS) is 19.4. The van der Waals surface area contributed by atoms with E-state index >= 15 is 0 Å². The third kappa shape index (κ3) is 4.45. The number of nitrogens with zero attached hydrogens (tertiary/aromatic N) is 2. The molecule has 1 fully saturated rings. The molecule has 0 spiro atoms. The predicted molar refractivity (Wildman–Crippen MR) is 83.4 cm³/mol. The van der Waals surface area contributed by atoms with Crippen molar-refractivity contribution in [1.29, 1.82) is 0 Å². The molecule has 5 nitrogen and oxygen atoms in total. The van der Waals surface area contributed by atoms with E-state index in [4.69, 9.17) is 4.74 Å². The molecular formula is C14H24N4OS. The fourth-order valence-corrected chi connectivity index (χ4v) is 3.09. The molecule has 112 valence electrons. The summed E-state index contributed by atoms with van der Waals surface area (Å²) in [5.41, 5.74) is 1.12. The van der Waals surface area contributed by atoms with Gasteiger partial charge in [0.1, 0.15) is 5.01 Å². The van der Waals surface area contributed by atoms with Crippen molar-refractivity contribution in [3.8, 4) is 0 Å². The third-order valence-corrected chi connectivity index (χ3v) is 4.56. The SMILES string of the molecule is CN=C(NCCC1CCCO1)NCc1nc(C)c(C)s1. The van der Waals surface area contributed by atoms with Crippen LogP contribution in [0.15, 0.2) is 4.99 Å². The highest BCUT2D eigenvalue weighted by Gasteiger charge is 2.14. The predicted octanol–water partition coefficient (Wildman–Crippen LogP) is 1.99. The molecule has 1 aromatic heterocycles. The Hall–Kier alpha value is -1.14. The van der Waals surface area contributed by atoms with E-state index in [1.54, 1.807) is 18.4 Å². The van der Waals surface area contributed by atoms with E-state index in [0.717, 1.165) is 42.8 Å². The highest BCUT2D eigenvalue weighted by atomic mass is 32.1. The quantitative estimate of drug-likeness (QED) is 0.644. The van der Waals surface area contributed by atoms with Crippen molar-refractivity contribution in [2.45, 2.75) is 45.8 Å². The van der Waals surface area contributed by atoms with Crippen LogP contribution in [0.1, 0.15) is 34.8 Å². The first kappa shape index (κ1) is 15.3. The largest absolute Gasteiger partial charge is 0.378 e. The summed E-state index contributed by atoms with van der Waals surface area (Å²) in [5, 5.41) is 7.72. The van der Waals surface area contributed by atoms with Crippen molar-refractivity contribution in [1.82, 2.24) is 15.6 Å². The van der Waals surface area contributed by atoms with Gasteiger partial charge in [0.2, 0.25) is 0 Å². The molecule has 2 N–H and O–H groups in total. The molecule has 0 aliphatic carbocycles. The fraction of sp³-hybridized carbons (Fsp3) is 0.714. The molecule has 1 saturated heterocycles.